The van der Waals surface area contributed by atoms with Crippen LogP contribution in [0.2, 0.25) is 0 Å². The highest BCUT2D eigenvalue weighted by molar-refractivity contribution is 4.83. The van der Waals surface area contributed by atoms with E-state index in [9.17, 15) is 0 Å². The first-order chi connectivity index (χ1) is 6.88. The van der Waals surface area contributed by atoms with Crippen LogP contribution >= 0.6 is 0 Å². The molecule has 1 rings (SSSR count). The molecule has 14 heavy (non-hydrogen) atoms. The Kier molecular flexibility index (Phi) is 5.93. The Morgan fingerprint density at radius 1 is 1.50 bits per heavy atom. The molecule has 1 fully saturated rings. The molecule has 0 saturated heterocycles. The van der Waals surface area contributed by atoms with Gasteiger partial charge in [-0.15, -0.1) is 6.58 Å². The second kappa shape index (κ2) is 7.05. The summed E-state index contributed by atoms with van der Waals surface area (Å²) >= 11 is 0. The third-order valence-electron chi connectivity index (χ3n) is 3.30. The minimum atomic E-state index is 0.795. The molecule has 0 radical (unpaired) electrons. The summed E-state index contributed by atoms with van der Waals surface area (Å²) in [5.74, 6) is 0.978. The van der Waals surface area contributed by atoms with Crippen LogP contribution in [0.25, 0.3) is 0 Å². The van der Waals surface area contributed by atoms with Crippen molar-refractivity contribution in [1.29, 1.82) is 0 Å². The smallest absolute Gasteiger partial charge is 0.00954 e. The van der Waals surface area contributed by atoms with E-state index in [1.165, 1.54) is 51.5 Å². The summed E-state index contributed by atoms with van der Waals surface area (Å²) in [5.41, 5.74) is 0. The van der Waals surface area contributed by atoms with Gasteiger partial charge < -0.3 is 5.32 Å². The maximum atomic E-state index is 3.78. The van der Waals surface area contributed by atoms with Gasteiger partial charge in [0, 0.05) is 6.04 Å². The van der Waals surface area contributed by atoms with Gasteiger partial charge in [-0.3, -0.25) is 0 Å². The summed E-state index contributed by atoms with van der Waals surface area (Å²) in [7, 11) is 0. The Labute approximate surface area is 89.0 Å². The van der Waals surface area contributed by atoms with Gasteiger partial charge in [0.25, 0.3) is 0 Å². The van der Waals surface area contributed by atoms with Gasteiger partial charge in [-0.2, -0.15) is 0 Å². The number of hydrogen-bond donors (Lipinski definition) is 1. The van der Waals surface area contributed by atoms with E-state index in [4.69, 9.17) is 0 Å². The number of rotatable bonds is 8. The van der Waals surface area contributed by atoms with Crippen LogP contribution in [-0.4, -0.2) is 12.6 Å². The van der Waals surface area contributed by atoms with Crippen LogP contribution < -0.4 is 5.32 Å². The largest absolute Gasteiger partial charge is 0.314 e. The molecule has 1 aliphatic rings. The summed E-state index contributed by atoms with van der Waals surface area (Å²) in [6, 6.07) is 0.795. The van der Waals surface area contributed by atoms with E-state index in [1.54, 1.807) is 0 Å². The van der Waals surface area contributed by atoms with Gasteiger partial charge in [0.05, 0.1) is 0 Å². The molecule has 0 bridgehead atoms. The van der Waals surface area contributed by atoms with Crippen LogP contribution in [0, 0.1) is 5.92 Å². The number of nitrogens with one attached hydrogen (secondary N) is 1. The average molecular weight is 195 g/mol. The number of allylic oxidation sites excluding steroid dienone is 1. The standard InChI is InChI=1S/C13H25N/c1-3-5-6-10-13(14-11-4-2)12-8-7-9-12/h3,12-14H,1,4-11H2,2H3. The molecule has 1 aliphatic carbocycles. The van der Waals surface area contributed by atoms with Crippen molar-refractivity contribution in [2.75, 3.05) is 6.54 Å². The summed E-state index contributed by atoms with van der Waals surface area (Å²) in [6.07, 6.45) is 11.5. The SMILES string of the molecule is C=CCCCC(NCCC)C1CCC1. The Morgan fingerprint density at radius 2 is 2.29 bits per heavy atom. The maximum Gasteiger partial charge on any atom is 0.00954 e. The summed E-state index contributed by atoms with van der Waals surface area (Å²) in [4.78, 5) is 0. The van der Waals surface area contributed by atoms with Crippen molar-refractivity contribution < 1.29 is 0 Å². The Morgan fingerprint density at radius 3 is 2.79 bits per heavy atom. The zero-order chi connectivity index (χ0) is 10.2. The van der Waals surface area contributed by atoms with Gasteiger partial charge in [0.1, 0.15) is 0 Å². The highest BCUT2D eigenvalue weighted by atomic mass is 14.9. The van der Waals surface area contributed by atoms with Crippen molar-refractivity contribution in [2.24, 2.45) is 5.92 Å². The minimum absolute atomic E-state index is 0.795. The zero-order valence-corrected chi connectivity index (χ0v) is 9.60. The predicted octanol–water partition coefficient (Wildman–Crippen LogP) is 3.51. The van der Waals surface area contributed by atoms with E-state index >= 15 is 0 Å². The summed E-state index contributed by atoms with van der Waals surface area (Å²) < 4.78 is 0. The first-order valence-electron chi connectivity index (χ1n) is 6.22. The molecule has 1 N–H and O–H groups in total. The van der Waals surface area contributed by atoms with Crippen LogP contribution in [0.3, 0.4) is 0 Å². The quantitative estimate of drug-likeness (QED) is 0.461. The third-order valence-corrected chi connectivity index (χ3v) is 3.30. The number of hydrogen-bond acceptors (Lipinski definition) is 1. The van der Waals surface area contributed by atoms with Crippen molar-refractivity contribution in [1.82, 2.24) is 5.32 Å². The topological polar surface area (TPSA) is 12.0 Å². The van der Waals surface area contributed by atoms with Gasteiger partial charge in [-0.05, 0) is 51.0 Å². The van der Waals surface area contributed by atoms with Crippen molar-refractivity contribution >= 4 is 0 Å². The van der Waals surface area contributed by atoms with E-state index in [-0.39, 0.29) is 0 Å². The van der Waals surface area contributed by atoms with Crippen molar-refractivity contribution in [2.45, 2.75) is 57.9 Å². The molecule has 0 heterocycles. The lowest BCUT2D eigenvalue weighted by molar-refractivity contribution is 0.217. The predicted molar refractivity (Wildman–Crippen MR) is 63.5 cm³/mol. The molecule has 1 heteroatoms. The molecule has 0 aromatic carbocycles. The molecule has 1 unspecified atom stereocenters. The van der Waals surface area contributed by atoms with E-state index in [2.05, 4.69) is 18.8 Å². The molecule has 0 spiro atoms. The number of unbranched alkanes of at least 4 members (excludes halogenated alkanes) is 1. The lowest BCUT2D eigenvalue weighted by Gasteiger charge is -2.34. The van der Waals surface area contributed by atoms with Gasteiger partial charge in [-0.1, -0.05) is 19.4 Å². The molecular weight excluding hydrogens is 170 g/mol. The summed E-state index contributed by atoms with van der Waals surface area (Å²) in [5, 5.41) is 3.70. The highest BCUT2D eigenvalue weighted by Crippen LogP contribution is 2.31. The van der Waals surface area contributed by atoms with Crippen molar-refractivity contribution in [3.05, 3.63) is 12.7 Å². The molecule has 82 valence electrons. The first-order valence-corrected chi connectivity index (χ1v) is 6.22. The second-order valence-electron chi connectivity index (χ2n) is 4.47. The normalized spacial score (nSPS) is 18.9. The Hall–Kier alpha value is -0.300. The fourth-order valence-electron chi connectivity index (χ4n) is 2.16. The van der Waals surface area contributed by atoms with Crippen molar-refractivity contribution in [3.63, 3.8) is 0 Å². The van der Waals surface area contributed by atoms with Gasteiger partial charge in [0.2, 0.25) is 0 Å². The second-order valence-corrected chi connectivity index (χ2v) is 4.47. The maximum absolute atomic E-state index is 3.78. The molecule has 0 aromatic rings. The van der Waals surface area contributed by atoms with E-state index < -0.39 is 0 Å². The van der Waals surface area contributed by atoms with Crippen LogP contribution in [0.15, 0.2) is 12.7 Å². The molecule has 1 nitrogen and oxygen atoms in total. The van der Waals surface area contributed by atoms with E-state index in [0.29, 0.717) is 0 Å². The van der Waals surface area contributed by atoms with Gasteiger partial charge >= 0.3 is 0 Å². The Bertz CT molecular complexity index is 149. The van der Waals surface area contributed by atoms with Crippen LogP contribution in [0.4, 0.5) is 0 Å². The monoisotopic (exact) mass is 195 g/mol. The van der Waals surface area contributed by atoms with E-state index in [0.717, 1.165) is 12.0 Å². The minimum Gasteiger partial charge on any atom is -0.314 e. The molecule has 0 aromatic heterocycles. The molecular formula is C13H25N. The molecule has 1 saturated carbocycles. The van der Waals surface area contributed by atoms with Gasteiger partial charge in [0.15, 0.2) is 0 Å². The Balaban J connectivity index is 2.17. The molecule has 1 atom stereocenters. The van der Waals surface area contributed by atoms with Crippen LogP contribution in [0.1, 0.15) is 51.9 Å². The van der Waals surface area contributed by atoms with Crippen LogP contribution in [-0.2, 0) is 0 Å². The first kappa shape index (κ1) is 11.8. The van der Waals surface area contributed by atoms with Crippen LogP contribution in [0.5, 0.6) is 0 Å². The highest BCUT2D eigenvalue weighted by Gasteiger charge is 2.25. The van der Waals surface area contributed by atoms with E-state index in [1.807, 2.05) is 6.08 Å². The fraction of sp³-hybridized carbons (Fsp3) is 0.846. The fourth-order valence-corrected chi connectivity index (χ4v) is 2.16. The average Bonchev–Trinajstić information content (AvgIpc) is 2.11. The molecule has 0 amide bonds. The third kappa shape index (κ3) is 3.83. The summed E-state index contributed by atoms with van der Waals surface area (Å²) in [6.45, 7) is 7.21. The lowest BCUT2D eigenvalue weighted by atomic mass is 9.78. The zero-order valence-electron chi connectivity index (χ0n) is 9.60. The lowest BCUT2D eigenvalue weighted by Crippen LogP contribution is -2.39. The van der Waals surface area contributed by atoms with Gasteiger partial charge in [-0.25, -0.2) is 0 Å². The van der Waals surface area contributed by atoms with Crippen molar-refractivity contribution in [3.8, 4) is 0 Å². The molecule has 0 aliphatic heterocycles.